The zero-order valence-electron chi connectivity index (χ0n) is 42.3. The molecule has 372 valence electrons. The van der Waals surface area contributed by atoms with Gasteiger partial charge in [-0.25, -0.2) is 0 Å². The van der Waals surface area contributed by atoms with Gasteiger partial charge in [-0.05, 0) is 125 Å². The molecule has 0 N–H and O–H groups in total. The molecule has 0 saturated carbocycles. The molecule has 2 aliphatic rings. The molecule has 14 aromatic rings. The van der Waals surface area contributed by atoms with Crippen LogP contribution in [0.1, 0.15) is 22.3 Å². The standard InChI is InChI=1S/C72H44ClN3OS2/c73-62-29-16-28-59-69(62)55-35-33-49(75(47-21-6-2-7-22-47)51-40-56(46-20-17-39-74-44-46)70-57(41-51)53-26-11-15-32-67(53)78-70)42-60(55)72(59)58-27-12-13-30-64(58)77-65-38-34-50(43-61(65)72)76(48-23-8-3-9-24-48)63-37-36-54-52-25-10-14-31-66(52)79-71(54)68(63)45-18-4-1-5-19-45/h1-44H. The number of rotatable bonds is 8. The number of fused-ring (bicyclic) bond motifs is 15. The highest BCUT2D eigenvalue weighted by Gasteiger charge is 2.52. The SMILES string of the molecule is Clc1cccc2c1-c1ccc(N(c3ccccc3)c3cc(-c4cccnc4)c4sc5ccccc5c4c3)cc1C21c2ccccc2Oc2ccc(N(c3ccccc3)c3ccc4c(sc5ccccc54)c3-c3ccccc3)cc21. The summed E-state index contributed by atoms with van der Waals surface area (Å²) in [6.45, 7) is 0. The third kappa shape index (κ3) is 7.02. The quantitative estimate of drug-likeness (QED) is 0.152. The molecule has 11 aromatic carbocycles. The topological polar surface area (TPSA) is 28.6 Å². The number of halogens is 1. The lowest BCUT2D eigenvalue weighted by Gasteiger charge is -2.40. The third-order valence-electron chi connectivity index (χ3n) is 16.0. The van der Waals surface area contributed by atoms with Crippen molar-refractivity contribution in [2.45, 2.75) is 5.41 Å². The predicted molar refractivity (Wildman–Crippen MR) is 333 cm³/mol. The Kier molecular flexibility index (Phi) is 10.5. The number of aromatic nitrogens is 1. The minimum Gasteiger partial charge on any atom is -0.457 e. The van der Waals surface area contributed by atoms with Crippen LogP contribution in [-0.2, 0) is 5.41 Å². The van der Waals surface area contributed by atoms with E-state index in [-0.39, 0.29) is 0 Å². The molecule has 1 aliphatic carbocycles. The van der Waals surface area contributed by atoms with Crippen molar-refractivity contribution >= 4 is 109 Å². The highest BCUT2D eigenvalue weighted by molar-refractivity contribution is 7.26. The molecule has 1 aliphatic heterocycles. The zero-order chi connectivity index (χ0) is 52.2. The lowest BCUT2D eigenvalue weighted by Crippen LogP contribution is -2.32. The fourth-order valence-corrected chi connectivity index (χ4v) is 15.5. The van der Waals surface area contributed by atoms with E-state index in [1.54, 1.807) is 0 Å². The first-order chi connectivity index (χ1) is 39.1. The molecule has 1 atom stereocenters. The number of nitrogens with zero attached hydrogens (tertiary/aromatic N) is 3. The van der Waals surface area contributed by atoms with Crippen LogP contribution in [0.4, 0.5) is 34.1 Å². The van der Waals surface area contributed by atoms with Crippen molar-refractivity contribution in [2.24, 2.45) is 0 Å². The second-order valence-corrected chi connectivity index (χ2v) is 22.8. The molecule has 4 heterocycles. The molecule has 0 fully saturated rings. The molecular weight excluding hydrogens is 1020 g/mol. The maximum Gasteiger partial charge on any atom is 0.132 e. The largest absolute Gasteiger partial charge is 0.457 e. The number of ether oxygens (including phenoxy) is 1. The summed E-state index contributed by atoms with van der Waals surface area (Å²) in [6.07, 6.45) is 3.83. The van der Waals surface area contributed by atoms with E-state index in [0.29, 0.717) is 5.02 Å². The Morgan fingerprint density at radius 2 is 1.00 bits per heavy atom. The maximum absolute atomic E-state index is 7.56. The van der Waals surface area contributed by atoms with Crippen molar-refractivity contribution < 1.29 is 4.74 Å². The van der Waals surface area contributed by atoms with Crippen molar-refractivity contribution in [3.05, 3.63) is 294 Å². The summed E-state index contributed by atoms with van der Waals surface area (Å²) in [5.41, 5.74) is 16.3. The summed E-state index contributed by atoms with van der Waals surface area (Å²) in [5.74, 6) is 1.60. The fraction of sp³-hybridized carbons (Fsp3) is 0.0139. The Bertz CT molecular complexity index is 4730. The van der Waals surface area contributed by atoms with Crippen LogP contribution in [-0.4, -0.2) is 4.98 Å². The Hall–Kier alpha value is -9.30. The Balaban J connectivity index is 0.967. The van der Waals surface area contributed by atoms with E-state index in [1.165, 1.54) is 45.9 Å². The molecule has 3 aromatic heterocycles. The average molecular weight is 1070 g/mol. The second kappa shape index (κ2) is 18.2. The third-order valence-corrected chi connectivity index (χ3v) is 18.8. The number of pyridine rings is 1. The number of para-hydroxylation sites is 3. The first kappa shape index (κ1) is 45.9. The van der Waals surface area contributed by atoms with E-state index in [4.69, 9.17) is 16.3 Å². The summed E-state index contributed by atoms with van der Waals surface area (Å²) < 4.78 is 12.1. The lowest BCUT2D eigenvalue weighted by molar-refractivity contribution is 0.436. The summed E-state index contributed by atoms with van der Waals surface area (Å²) in [5, 5.41) is 5.66. The van der Waals surface area contributed by atoms with Crippen molar-refractivity contribution in [2.75, 3.05) is 9.80 Å². The summed E-state index contributed by atoms with van der Waals surface area (Å²) in [7, 11) is 0. The van der Waals surface area contributed by atoms with Gasteiger partial charge in [0.05, 0.1) is 11.1 Å². The average Bonchev–Trinajstić information content (AvgIpc) is 4.35. The first-order valence-electron chi connectivity index (χ1n) is 26.5. The van der Waals surface area contributed by atoms with Gasteiger partial charge < -0.3 is 14.5 Å². The van der Waals surface area contributed by atoms with Gasteiger partial charge in [-0.15, -0.1) is 22.7 Å². The highest BCUT2D eigenvalue weighted by Crippen LogP contribution is 2.65. The molecule has 0 saturated heterocycles. The van der Waals surface area contributed by atoms with Gasteiger partial charge in [0.25, 0.3) is 0 Å². The molecule has 1 unspecified atom stereocenters. The molecule has 0 bridgehead atoms. The van der Waals surface area contributed by atoms with Crippen LogP contribution in [0, 0.1) is 0 Å². The molecule has 7 heteroatoms. The second-order valence-electron chi connectivity index (χ2n) is 20.3. The van der Waals surface area contributed by atoms with Crippen LogP contribution in [0.25, 0.3) is 73.7 Å². The van der Waals surface area contributed by atoms with Gasteiger partial charge in [0.1, 0.15) is 11.5 Å². The number of hydrogen-bond acceptors (Lipinski definition) is 6. The summed E-state index contributed by atoms with van der Waals surface area (Å²) >= 11 is 11.2. The minimum absolute atomic E-state index is 0.705. The van der Waals surface area contributed by atoms with Crippen LogP contribution in [0.3, 0.4) is 0 Å². The number of anilines is 6. The van der Waals surface area contributed by atoms with E-state index in [0.717, 1.165) is 95.7 Å². The van der Waals surface area contributed by atoms with E-state index in [1.807, 2.05) is 47.2 Å². The fourth-order valence-electron chi connectivity index (χ4n) is 12.8. The molecule has 4 nitrogen and oxygen atoms in total. The van der Waals surface area contributed by atoms with Crippen LogP contribution < -0.4 is 14.5 Å². The Morgan fingerprint density at radius 1 is 0.380 bits per heavy atom. The molecular formula is C72H44ClN3OS2. The number of benzene rings is 11. The van der Waals surface area contributed by atoms with Crippen LogP contribution in [0.2, 0.25) is 5.02 Å². The van der Waals surface area contributed by atoms with Gasteiger partial charge in [-0.2, -0.15) is 0 Å². The van der Waals surface area contributed by atoms with Crippen LogP contribution >= 0.6 is 34.3 Å². The Labute approximate surface area is 469 Å². The van der Waals surface area contributed by atoms with E-state index >= 15 is 0 Å². The van der Waals surface area contributed by atoms with Gasteiger partial charge in [0.2, 0.25) is 0 Å². The first-order valence-corrected chi connectivity index (χ1v) is 28.5. The monoisotopic (exact) mass is 1070 g/mol. The van der Waals surface area contributed by atoms with E-state index in [2.05, 4.69) is 257 Å². The Morgan fingerprint density at radius 3 is 1.77 bits per heavy atom. The van der Waals surface area contributed by atoms with Gasteiger partial charge in [0, 0.05) is 120 Å². The molecule has 0 amide bonds. The number of thiophene rings is 2. The van der Waals surface area contributed by atoms with Crippen molar-refractivity contribution in [1.82, 2.24) is 4.98 Å². The van der Waals surface area contributed by atoms with E-state index < -0.39 is 5.41 Å². The van der Waals surface area contributed by atoms with E-state index in [9.17, 15) is 0 Å². The summed E-state index contributed by atoms with van der Waals surface area (Å²) in [6, 6.07) is 92.2. The molecule has 16 rings (SSSR count). The van der Waals surface area contributed by atoms with Gasteiger partial charge >= 0.3 is 0 Å². The van der Waals surface area contributed by atoms with Gasteiger partial charge in [-0.3, -0.25) is 4.98 Å². The highest BCUT2D eigenvalue weighted by atomic mass is 35.5. The zero-order valence-corrected chi connectivity index (χ0v) is 44.7. The predicted octanol–water partition coefficient (Wildman–Crippen LogP) is 21.2. The normalized spacial score (nSPS) is 14.0. The van der Waals surface area contributed by atoms with Crippen LogP contribution in [0.5, 0.6) is 11.5 Å². The van der Waals surface area contributed by atoms with Crippen molar-refractivity contribution in [3.8, 4) is 44.9 Å². The van der Waals surface area contributed by atoms with Gasteiger partial charge in [-0.1, -0.05) is 163 Å². The molecule has 79 heavy (non-hydrogen) atoms. The maximum atomic E-state index is 7.56. The van der Waals surface area contributed by atoms with Crippen molar-refractivity contribution in [3.63, 3.8) is 0 Å². The number of hydrogen-bond donors (Lipinski definition) is 0. The molecule has 0 radical (unpaired) electrons. The van der Waals surface area contributed by atoms with Crippen molar-refractivity contribution in [1.29, 1.82) is 0 Å². The lowest BCUT2D eigenvalue weighted by atomic mass is 9.66. The summed E-state index contributed by atoms with van der Waals surface area (Å²) in [4.78, 5) is 9.47. The molecule has 1 spiro atoms. The van der Waals surface area contributed by atoms with Crippen LogP contribution in [0.15, 0.2) is 267 Å². The minimum atomic E-state index is -0.872. The van der Waals surface area contributed by atoms with Gasteiger partial charge in [0.15, 0.2) is 0 Å². The smallest absolute Gasteiger partial charge is 0.132 e.